The number of esters is 2. The Morgan fingerprint density at radius 2 is 1.89 bits per heavy atom. The van der Waals surface area contributed by atoms with Crippen molar-refractivity contribution >= 4 is 28.6 Å². The van der Waals surface area contributed by atoms with Crippen molar-refractivity contribution in [2.45, 2.75) is 20.5 Å². The van der Waals surface area contributed by atoms with Crippen LogP contribution in [0.4, 0.5) is 0 Å². The Morgan fingerprint density at radius 3 is 2.68 bits per heavy atom. The molecule has 0 amide bonds. The second-order valence-corrected chi connectivity index (χ2v) is 6.22. The highest BCUT2D eigenvalue weighted by molar-refractivity contribution is 5.96. The predicted octanol–water partition coefficient (Wildman–Crippen LogP) is 3.92. The third-order valence-electron chi connectivity index (χ3n) is 4.41. The number of imidazole rings is 1. The molecular formula is C21H18N2O5. The Labute approximate surface area is 160 Å². The van der Waals surface area contributed by atoms with Crippen LogP contribution in [0.2, 0.25) is 0 Å². The molecule has 1 aromatic carbocycles. The smallest absolute Gasteiger partial charge is 0.374 e. The summed E-state index contributed by atoms with van der Waals surface area (Å²) in [6.45, 7) is 3.73. The SMILES string of the molecule is CCOC(=O)c1oc2ccccc2c1COC(=O)c1cn2c(C)cccc2n1. The summed E-state index contributed by atoms with van der Waals surface area (Å²) in [7, 11) is 0. The van der Waals surface area contributed by atoms with Crippen LogP contribution in [0, 0.1) is 6.92 Å². The first-order valence-electron chi connectivity index (χ1n) is 8.88. The number of carbonyl (C=O) groups is 2. The van der Waals surface area contributed by atoms with Crippen LogP contribution in [0.1, 0.15) is 39.2 Å². The summed E-state index contributed by atoms with van der Waals surface area (Å²) >= 11 is 0. The lowest BCUT2D eigenvalue weighted by atomic mass is 10.1. The number of hydrogen-bond acceptors (Lipinski definition) is 6. The summed E-state index contributed by atoms with van der Waals surface area (Å²) in [4.78, 5) is 29.0. The Bertz CT molecular complexity index is 1190. The molecule has 4 rings (SSSR count). The van der Waals surface area contributed by atoms with E-state index in [0.717, 1.165) is 5.69 Å². The van der Waals surface area contributed by atoms with Gasteiger partial charge in [0.25, 0.3) is 0 Å². The summed E-state index contributed by atoms with van der Waals surface area (Å²) in [5, 5.41) is 0.698. The van der Waals surface area contributed by atoms with E-state index in [4.69, 9.17) is 13.9 Å². The van der Waals surface area contributed by atoms with Crippen molar-refractivity contribution < 1.29 is 23.5 Å². The van der Waals surface area contributed by atoms with Crippen molar-refractivity contribution in [2.24, 2.45) is 0 Å². The maximum absolute atomic E-state index is 12.5. The number of hydrogen-bond donors (Lipinski definition) is 0. The second kappa shape index (κ2) is 7.19. The van der Waals surface area contributed by atoms with Gasteiger partial charge in [0.1, 0.15) is 17.8 Å². The number of fused-ring (bicyclic) bond motifs is 2. The highest BCUT2D eigenvalue weighted by atomic mass is 16.5. The number of ether oxygens (including phenoxy) is 2. The molecular weight excluding hydrogens is 360 g/mol. The molecule has 0 spiro atoms. The van der Waals surface area contributed by atoms with E-state index in [1.54, 1.807) is 31.3 Å². The standard InChI is InChI=1S/C21H18N2O5/c1-3-26-21(25)19-15(14-8-4-5-9-17(14)28-19)12-27-20(24)16-11-23-13(2)7-6-10-18(23)22-16/h4-11H,3,12H2,1-2H3. The van der Waals surface area contributed by atoms with Gasteiger partial charge in [0.2, 0.25) is 5.76 Å². The third kappa shape index (κ3) is 3.11. The number of pyridine rings is 1. The van der Waals surface area contributed by atoms with E-state index < -0.39 is 11.9 Å². The summed E-state index contributed by atoms with van der Waals surface area (Å²) in [6.07, 6.45) is 1.63. The lowest BCUT2D eigenvalue weighted by Gasteiger charge is -2.04. The zero-order valence-electron chi connectivity index (χ0n) is 15.5. The maximum atomic E-state index is 12.5. The van der Waals surface area contributed by atoms with Crippen molar-refractivity contribution in [2.75, 3.05) is 6.61 Å². The molecule has 0 bridgehead atoms. The fourth-order valence-corrected chi connectivity index (χ4v) is 3.06. The van der Waals surface area contributed by atoms with Crippen LogP contribution in [0.3, 0.4) is 0 Å². The van der Waals surface area contributed by atoms with E-state index in [1.165, 1.54) is 0 Å². The molecule has 0 aliphatic heterocycles. The first-order chi connectivity index (χ1) is 13.6. The van der Waals surface area contributed by atoms with E-state index in [-0.39, 0.29) is 24.7 Å². The summed E-state index contributed by atoms with van der Waals surface area (Å²) in [5.41, 5.74) is 2.81. The van der Waals surface area contributed by atoms with Gasteiger partial charge in [-0.3, -0.25) is 0 Å². The minimum atomic E-state index is -0.590. The van der Waals surface area contributed by atoms with Gasteiger partial charge < -0.3 is 18.3 Å². The fraction of sp³-hybridized carbons (Fsp3) is 0.190. The molecule has 3 heterocycles. The van der Waals surface area contributed by atoms with E-state index in [2.05, 4.69) is 4.98 Å². The molecule has 3 aromatic heterocycles. The minimum Gasteiger partial charge on any atom is -0.460 e. The van der Waals surface area contributed by atoms with Crippen LogP contribution in [-0.2, 0) is 16.1 Å². The second-order valence-electron chi connectivity index (χ2n) is 6.22. The number of aryl methyl sites for hydroxylation is 1. The zero-order chi connectivity index (χ0) is 19.7. The molecule has 4 aromatic rings. The van der Waals surface area contributed by atoms with Crippen molar-refractivity contribution in [3.05, 3.63) is 71.4 Å². The predicted molar refractivity (Wildman–Crippen MR) is 101 cm³/mol. The number of benzene rings is 1. The molecule has 0 N–H and O–H groups in total. The third-order valence-corrected chi connectivity index (χ3v) is 4.41. The van der Waals surface area contributed by atoms with Crippen LogP contribution in [0.25, 0.3) is 16.6 Å². The van der Waals surface area contributed by atoms with Gasteiger partial charge >= 0.3 is 11.9 Å². The first kappa shape index (κ1) is 17.8. The molecule has 0 aliphatic rings. The van der Waals surface area contributed by atoms with Crippen molar-refractivity contribution in [3.63, 3.8) is 0 Å². The van der Waals surface area contributed by atoms with Gasteiger partial charge in [-0.2, -0.15) is 0 Å². The fourth-order valence-electron chi connectivity index (χ4n) is 3.06. The Balaban J connectivity index is 1.62. The van der Waals surface area contributed by atoms with E-state index in [9.17, 15) is 9.59 Å². The molecule has 0 saturated heterocycles. The molecule has 0 fully saturated rings. The number of carbonyl (C=O) groups excluding carboxylic acids is 2. The van der Waals surface area contributed by atoms with Crippen LogP contribution >= 0.6 is 0 Å². The molecule has 0 atom stereocenters. The zero-order valence-corrected chi connectivity index (χ0v) is 15.5. The molecule has 0 unspecified atom stereocenters. The summed E-state index contributed by atoms with van der Waals surface area (Å²) < 4.78 is 17.9. The quantitative estimate of drug-likeness (QED) is 0.490. The number of rotatable bonds is 5. The minimum absolute atomic E-state index is 0.0432. The summed E-state index contributed by atoms with van der Waals surface area (Å²) in [5.74, 6) is -1.13. The van der Waals surface area contributed by atoms with Crippen molar-refractivity contribution in [3.8, 4) is 0 Å². The van der Waals surface area contributed by atoms with Crippen LogP contribution in [0.15, 0.2) is 53.1 Å². The van der Waals surface area contributed by atoms with Gasteiger partial charge in [0, 0.05) is 17.3 Å². The Morgan fingerprint density at radius 1 is 1.07 bits per heavy atom. The van der Waals surface area contributed by atoms with E-state index in [0.29, 0.717) is 22.2 Å². The number of nitrogens with zero attached hydrogens (tertiary/aromatic N) is 2. The van der Waals surface area contributed by atoms with Crippen molar-refractivity contribution in [1.29, 1.82) is 0 Å². The molecule has 0 radical (unpaired) electrons. The monoisotopic (exact) mass is 378 g/mol. The topological polar surface area (TPSA) is 83.0 Å². The Hall–Kier alpha value is -3.61. The van der Waals surface area contributed by atoms with Crippen LogP contribution in [-0.4, -0.2) is 27.9 Å². The maximum Gasteiger partial charge on any atom is 0.374 e. The lowest BCUT2D eigenvalue weighted by Crippen LogP contribution is -2.10. The molecule has 7 heteroatoms. The average Bonchev–Trinajstić information content (AvgIpc) is 3.29. The van der Waals surface area contributed by atoms with E-state index >= 15 is 0 Å². The number of aromatic nitrogens is 2. The molecule has 0 saturated carbocycles. The van der Waals surface area contributed by atoms with Gasteiger partial charge in [-0.05, 0) is 32.0 Å². The first-order valence-corrected chi connectivity index (χ1v) is 8.88. The normalized spacial score (nSPS) is 11.1. The van der Waals surface area contributed by atoms with Crippen molar-refractivity contribution in [1.82, 2.24) is 9.38 Å². The van der Waals surface area contributed by atoms with Gasteiger partial charge in [-0.15, -0.1) is 0 Å². The van der Waals surface area contributed by atoms with Crippen LogP contribution in [0.5, 0.6) is 0 Å². The molecule has 7 nitrogen and oxygen atoms in total. The van der Waals surface area contributed by atoms with Gasteiger partial charge in [-0.25, -0.2) is 14.6 Å². The molecule has 28 heavy (non-hydrogen) atoms. The molecule has 0 aliphatic carbocycles. The number of para-hydroxylation sites is 1. The van der Waals surface area contributed by atoms with Gasteiger partial charge in [0.05, 0.1) is 12.2 Å². The van der Waals surface area contributed by atoms with E-state index in [1.807, 2.05) is 35.6 Å². The number of furan rings is 1. The average molecular weight is 378 g/mol. The van der Waals surface area contributed by atoms with Gasteiger partial charge in [-0.1, -0.05) is 24.3 Å². The highest BCUT2D eigenvalue weighted by Crippen LogP contribution is 2.27. The Kier molecular flexibility index (Phi) is 4.57. The van der Waals surface area contributed by atoms with Gasteiger partial charge in [0.15, 0.2) is 5.69 Å². The lowest BCUT2D eigenvalue weighted by molar-refractivity contribution is 0.0431. The van der Waals surface area contributed by atoms with Crippen LogP contribution < -0.4 is 0 Å². The summed E-state index contributed by atoms with van der Waals surface area (Å²) in [6, 6.07) is 12.8. The largest absolute Gasteiger partial charge is 0.460 e. The molecule has 142 valence electrons. The highest BCUT2D eigenvalue weighted by Gasteiger charge is 2.23.